The SMILES string of the molecule is COc1cccc(/C(O)=C2/C(=O)C(=O)N(CCC[NH+](C)C)[C@H]2c2cccc(Cl)c2)c1. The highest BCUT2D eigenvalue weighted by molar-refractivity contribution is 6.46. The molecule has 0 unspecified atom stereocenters. The Morgan fingerprint density at radius 2 is 1.90 bits per heavy atom. The van der Waals surface area contributed by atoms with E-state index in [1.54, 1.807) is 42.5 Å². The summed E-state index contributed by atoms with van der Waals surface area (Å²) in [6, 6.07) is 13.1. The minimum atomic E-state index is -0.702. The number of likely N-dealkylation sites (tertiary alicyclic amines) is 1. The number of hydrogen-bond acceptors (Lipinski definition) is 4. The van der Waals surface area contributed by atoms with Gasteiger partial charge in [-0.25, -0.2) is 0 Å². The van der Waals surface area contributed by atoms with Crippen LogP contribution in [0.25, 0.3) is 5.76 Å². The number of methoxy groups -OCH3 is 1. The number of carbonyl (C=O) groups is 2. The zero-order chi connectivity index (χ0) is 21.8. The summed E-state index contributed by atoms with van der Waals surface area (Å²) >= 11 is 6.19. The van der Waals surface area contributed by atoms with Gasteiger partial charge in [0.05, 0.1) is 39.4 Å². The molecule has 0 bridgehead atoms. The van der Waals surface area contributed by atoms with Gasteiger partial charge in [-0.05, 0) is 29.8 Å². The van der Waals surface area contributed by atoms with Gasteiger partial charge in [-0.1, -0.05) is 35.9 Å². The Labute approximate surface area is 181 Å². The standard InChI is InChI=1S/C23H25ClN2O4/c1-25(2)11-6-12-26-20(15-7-4-9-17(24)13-15)19(22(28)23(26)29)21(27)16-8-5-10-18(14-16)30-3/h4-5,7-10,13-14,20,27H,6,11-12H2,1-3H3/p+1/b21-19-/t20-/m0/s1. The first-order valence-corrected chi connectivity index (χ1v) is 10.2. The van der Waals surface area contributed by atoms with Crippen LogP contribution in [0.15, 0.2) is 54.1 Å². The van der Waals surface area contributed by atoms with Crippen molar-refractivity contribution in [2.75, 3.05) is 34.3 Å². The number of halogens is 1. The first-order valence-electron chi connectivity index (χ1n) is 9.80. The Balaban J connectivity index is 2.11. The van der Waals surface area contributed by atoms with Crippen LogP contribution in [0.3, 0.4) is 0 Å². The fraction of sp³-hybridized carbons (Fsp3) is 0.304. The summed E-state index contributed by atoms with van der Waals surface area (Å²) in [6.45, 7) is 1.25. The van der Waals surface area contributed by atoms with Crippen LogP contribution in [0.4, 0.5) is 0 Å². The number of hydrogen-bond donors (Lipinski definition) is 2. The van der Waals surface area contributed by atoms with Crippen LogP contribution in [0.5, 0.6) is 5.75 Å². The van der Waals surface area contributed by atoms with E-state index in [9.17, 15) is 14.7 Å². The molecular formula is C23H26ClN2O4+. The number of Topliss-reactive ketones (excluding diaryl/α,β-unsaturated/α-hetero) is 1. The average Bonchev–Trinajstić information content (AvgIpc) is 2.98. The molecule has 0 saturated carbocycles. The summed E-state index contributed by atoms with van der Waals surface area (Å²) in [7, 11) is 5.59. The molecule has 2 N–H and O–H groups in total. The van der Waals surface area contributed by atoms with E-state index in [4.69, 9.17) is 16.3 Å². The van der Waals surface area contributed by atoms with Crippen LogP contribution < -0.4 is 9.64 Å². The molecule has 0 spiro atoms. The first kappa shape index (κ1) is 21.9. The van der Waals surface area contributed by atoms with Crippen molar-refractivity contribution in [1.29, 1.82) is 0 Å². The molecule has 1 amide bonds. The van der Waals surface area contributed by atoms with Crippen molar-refractivity contribution >= 4 is 29.1 Å². The Hall–Kier alpha value is -2.83. The summed E-state index contributed by atoms with van der Waals surface area (Å²) in [6.07, 6.45) is 0.728. The third-order valence-electron chi connectivity index (χ3n) is 5.12. The second-order valence-electron chi connectivity index (χ2n) is 7.59. The summed E-state index contributed by atoms with van der Waals surface area (Å²) in [4.78, 5) is 28.6. The van der Waals surface area contributed by atoms with Crippen molar-refractivity contribution in [3.8, 4) is 5.75 Å². The quantitative estimate of drug-likeness (QED) is 0.402. The minimum Gasteiger partial charge on any atom is -0.507 e. The molecule has 1 heterocycles. The lowest BCUT2D eigenvalue weighted by atomic mass is 9.95. The fourth-order valence-corrected chi connectivity index (χ4v) is 3.86. The van der Waals surface area contributed by atoms with Gasteiger partial charge in [0, 0.05) is 23.6 Å². The Kier molecular flexibility index (Phi) is 6.80. The number of ether oxygens (including phenoxy) is 1. The molecule has 0 aliphatic carbocycles. The molecule has 7 heteroatoms. The van der Waals surface area contributed by atoms with Crippen LogP contribution >= 0.6 is 11.6 Å². The average molecular weight is 430 g/mol. The van der Waals surface area contributed by atoms with Crippen molar-refractivity contribution in [3.05, 3.63) is 70.3 Å². The van der Waals surface area contributed by atoms with Gasteiger partial charge in [0.15, 0.2) is 0 Å². The maximum absolute atomic E-state index is 13.0. The predicted molar refractivity (Wildman–Crippen MR) is 116 cm³/mol. The van der Waals surface area contributed by atoms with Crippen LogP contribution in [0.1, 0.15) is 23.6 Å². The summed E-state index contributed by atoms with van der Waals surface area (Å²) in [5.41, 5.74) is 1.16. The molecule has 0 radical (unpaired) electrons. The summed E-state index contributed by atoms with van der Waals surface area (Å²) < 4.78 is 5.22. The Bertz CT molecular complexity index is 987. The zero-order valence-corrected chi connectivity index (χ0v) is 18.1. The summed E-state index contributed by atoms with van der Waals surface area (Å²) in [5, 5.41) is 11.5. The molecule has 30 heavy (non-hydrogen) atoms. The second-order valence-corrected chi connectivity index (χ2v) is 8.03. The fourth-order valence-electron chi connectivity index (χ4n) is 3.66. The lowest BCUT2D eigenvalue weighted by molar-refractivity contribution is -0.858. The smallest absolute Gasteiger partial charge is 0.295 e. The number of benzene rings is 2. The van der Waals surface area contributed by atoms with Crippen molar-refractivity contribution in [3.63, 3.8) is 0 Å². The molecule has 1 atom stereocenters. The normalized spacial score (nSPS) is 18.3. The molecule has 0 aromatic heterocycles. The van der Waals surface area contributed by atoms with Crippen LogP contribution in [-0.2, 0) is 9.59 Å². The van der Waals surface area contributed by atoms with Gasteiger partial charge in [0.1, 0.15) is 11.5 Å². The number of amides is 1. The van der Waals surface area contributed by atoms with Crippen molar-refractivity contribution in [1.82, 2.24) is 4.90 Å². The highest BCUT2D eigenvalue weighted by atomic mass is 35.5. The van der Waals surface area contributed by atoms with Crippen LogP contribution in [0.2, 0.25) is 5.02 Å². The van der Waals surface area contributed by atoms with Crippen molar-refractivity contribution in [2.45, 2.75) is 12.5 Å². The second kappa shape index (κ2) is 9.32. The lowest BCUT2D eigenvalue weighted by Gasteiger charge is -2.25. The van der Waals surface area contributed by atoms with E-state index in [0.29, 0.717) is 28.4 Å². The number of quaternary nitrogens is 1. The van der Waals surface area contributed by atoms with Crippen LogP contribution in [-0.4, -0.2) is 56.0 Å². The maximum atomic E-state index is 13.0. The van der Waals surface area contributed by atoms with Gasteiger partial charge < -0.3 is 19.6 Å². The van der Waals surface area contributed by atoms with E-state index in [1.807, 2.05) is 20.2 Å². The van der Waals surface area contributed by atoms with Gasteiger partial charge in [-0.3, -0.25) is 9.59 Å². The molecule has 1 saturated heterocycles. The molecule has 1 aliphatic heterocycles. The molecule has 158 valence electrons. The number of ketones is 1. The molecule has 1 aliphatic rings. The lowest BCUT2D eigenvalue weighted by Crippen LogP contribution is -3.05. The number of carbonyl (C=O) groups excluding carboxylic acids is 2. The van der Waals surface area contributed by atoms with E-state index >= 15 is 0 Å². The van der Waals surface area contributed by atoms with Crippen LogP contribution in [0, 0.1) is 0 Å². The van der Waals surface area contributed by atoms with E-state index in [1.165, 1.54) is 16.9 Å². The Morgan fingerprint density at radius 3 is 2.57 bits per heavy atom. The first-order chi connectivity index (χ1) is 14.3. The third-order valence-corrected chi connectivity index (χ3v) is 5.36. The van der Waals surface area contributed by atoms with E-state index in [-0.39, 0.29) is 11.3 Å². The maximum Gasteiger partial charge on any atom is 0.295 e. The van der Waals surface area contributed by atoms with Gasteiger partial charge in [0.25, 0.3) is 11.7 Å². The molecule has 2 aromatic rings. The van der Waals surface area contributed by atoms with Gasteiger partial charge in [-0.15, -0.1) is 0 Å². The zero-order valence-electron chi connectivity index (χ0n) is 17.3. The van der Waals surface area contributed by atoms with Gasteiger partial charge in [-0.2, -0.15) is 0 Å². The molecular weight excluding hydrogens is 404 g/mol. The molecule has 3 rings (SSSR count). The topological polar surface area (TPSA) is 71.3 Å². The molecule has 6 nitrogen and oxygen atoms in total. The van der Waals surface area contributed by atoms with E-state index in [2.05, 4.69) is 0 Å². The number of rotatable bonds is 7. The number of nitrogens with zero attached hydrogens (tertiary/aromatic N) is 1. The molecule has 1 fully saturated rings. The largest absolute Gasteiger partial charge is 0.507 e. The van der Waals surface area contributed by atoms with Gasteiger partial charge in [0.2, 0.25) is 0 Å². The number of nitrogens with one attached hydrogen (secondary N) is 1. The highest BCUT2D eigenvalue weighted by Gasteiger charge is 2.45. The van der Waals surface area contributed by atoms with Gasteiger partial charge >= 0.3 is 0 Å². The number of aliphatic hydroxyl groups is 1. The van der Waals surface area contributed by atoms with Crippen molar-refractivity contribution in [2.24, 2.45) is 0 Å². The number of aliphatic hydroxyl groups excluding tert-OH is 1. The monoisotopic (exact) mass is 429 g/mol. The Morgan fingerprint density at radius 1 is 1.17 bits per heavy atom. The van der Waals surface area contributed by atoms with E-state index < -0.39 is 17.7 Å². The van der Waals surface area contributed by atoms with Crippen molar-refractivity contribution < 1.29 is 24.3 Å². The highest BCUT2D eigenvalue weighted by Crippen LogP contribution is 2.40. The summed E-state index contributed by atoms with van der Waals surface area (Å²) in [5.74, 6) is -0.991. The molecule has 2 aromatic carbocycles. The minimum absolute atomic E-state index is 0.0627. The van der Waals surface area contributed by atoms with E-state index in [0.717, 1.165) is 13.0 Å². The predicted octanol–water partition coefficient (Wildman–Crippen LogP) is 2.30. The third kappa shape index (κ3) is 4.50.